The van der Waals surface area contributed by atoms with E-state index in [1.165, 1.54) is 6.07 Å². The molecule has 1 aromatic carbocycles. The average Bonchev–Trinajstić information content (AvgIpc) is 2.47. The van der Waals surface area contributed by atoms with Crippen LogP contribution < -0.4 is 0 Å². The van der Waals surface area contributed by atoms with E-state index in [4.69, 9.17) is 0 Å². The number of carbonyl (C=O) groups is 1. The molecule has 21 heavy (non-hydrogen) atoms. The summed E-state index contributed by atoms with van der Waals surface area (Å²) in [6, 6.07) is 4.83. The molecular weight excluding hydrogens is 268 g/mol. The average molecular weight is 292 g/mol. The van der Waals surface area contributed by atoms with E-state index < -0.39 is 4.92 Å². The van der Waals surface area contributed by atoms with Crippen LogP contribution in [0.4, 0.5) is 5.69 Å². The van der Waals surface area contributed by atoms with Crippen LogP contribution in [0.15, 0.2) is 18.2 Å². The number of nitro benzene ring substituents is 1. The topological polar surface area (TPSA) is 63.5 Å². The van der Waals surface area contributed by atoms with Gasteiger partial charge in [0.05, 0.1) is 4.92 Å². The molecule has 0 radical (unpaired) electrons. The van der Waals surface area contributed by atoms with E-state index in [1.54, 1.807) is 19.1 Å². The number of amides is 1. The second kappa shape index (κ2) is 7.76. The fraction of sp³-hybridized carbons (Fsp3) is 0.562. The Labute approximate surface area is 126 Å². The maximum absolute atomic E-state index is 12.6. The number of hydrogen-bond acceptors (Lipinski definition) is 3. The van der Waals surface area contributed by atoms with Gasteiger partial charge in [-0.05, 0) is 32.8 Å². The Hall–Kier alpha value is -1.91. The van der Waals surface area contributed by atoms with E-state index in [-0.39, 0.29) is 17.6 Å². The molecule has 1 aromatic rings. The molecule has 5 heteroatoms. The minimum Gasteiger partial charge on any atom is -0.336 e. The van der Waals surface area contributed by atoms with Crippen LogP contribution in [0.3, 0.4) is 0 Å². The molecular formula is C16H24N2O3. The van der Waals surface area contributed by atoms with Crippen molar-refractivity contribution >= 4 is 11.6 Å². The number of aryl methyl sites for hydroxylation is 1. The number of nitro groups is 1. The third-order valence-electron chi connectivity index (χ3n) is 3.79. The number of unbranched alkanes of at least 4 members (excludes halogenated alkanes) is 1. The predicted molar refractivity (Wildman–Crippen MR) is 83.5 cm³/mol. The Morgan fingerprint density at radius 1 is 1.38 bits per heavy atom. The summed E-state index contributed by atoms with van der Waals surface area (Å²) in [6.07, 6.45) is 2.81. The zero-order chi connectivity index (χ0) is 16.0. The van der Waals surface area contributed by atoms with E-state index in [1.807, 2.05) is 18.7 Å². The van der Waals surface area contributed by atoms with Crippen molar-refractivity contribution in [1.29, 1.82) is 0 Å². The lowest BCUT2D eigenvalue weighted by molar-refractivity contribution is -0.385. The minimum atomic E-state index is -0.439. The molecule has 0 fully saturated rings. The molecule has 0 N–H and O–H groups in total. The largest absolute Gasteiger partial charge is 0.336 e. The van der Waals surface area contributed by atoms with Gasteiger partial charge in [0.2, 0.25) is 0 Å². The van der Waals surface area contributed by atoms with Crippen LogP contribution in [-0.2, 0) is 0 Å². The van der Waals surface area contributed by atoms with Gasteiger partial charge in [0, 0.05) is 29.8 Å². The summed E-state index contributed by atoms with van der Waals surface area (Å²) >= 11 is 0. The molecule has 5 nitrogen and oxygen atoms in total. The molecule has 0 bridgehead atoms. The summed E-state index contributed by atoms with van der Waals surface area (Å²) in [5, 5.41) is 11.0. The summed E-state index contributed by atoms with van der Waals surface area (Å²) < 4.78 is 0. The smallest absolute Gasteiger partial charge is 0.273 e. The Morgan fingerprint density at radius 3 is 2.57 bits per heavy atom. The molecule has 0 aromatic heterocycles. The molecule has 1 atom stereocenters. The SMILES string of the molecule is CCCCN(C(=O)c1ccc(C)c([N+](=O)[O-])c1)C(C)CC. The Bertz CT molecular complexity index is 514. The van der Waals surface area contributed by atoms with Gasteiger partial charge in [0.25, 0.3) is 11.6 Å². The highest BCUT2D eigenvalue weighted by atomic mass is 16.6. The van der Waals surface area contributed by atoms with Gasteiger partial charge < -0.3 is 4.90 Å². The van der Waals surface area contributed by atoms with Gasteiger partial charge in [-0.2, -0.15) is 0 Å². The first-order chi connectivity index (χ1) is 9.92. The Balaban J connectivity index is 3.08. The zero-order valence-electron chi connectivity index (χ0n) is 13.3. The quantitative estimate of drug-likeness (QED) is 0.564. The van der Waals surface area contributed by atoms with Crippen molar-refractivity contribution < 1.29 is 9.72 Å². The van der Waals surface area contributed by atoms with Crippen molar-refractivity contribution in [2.45, 2.75) is 53.0 Å². The van der Waals surface area contributed by atoms with Crippen molar-refractivity contribution in [3.05, 3.63) is 39.4 Å². The van der Waals surface area contributed by atoms with Crippen molar-refractivity contribution in [1.82, 2.24) is 4.90 Å². The zero-order valence-corrected chi connectivity index (χ0v) is 13.3. The van der Waals surface area contributed by atoms with Crippen LogP contribution in [0.25, 0.3) is 0 Å². The van der Waals surface area contributed by atoms with Crippen LogP contribution in [0.1, 0.15) is 56.0 Å². The summed E-state index contributed by atoms with van der Waals surface area (Å²) in [5.74, 6) is -0.124. The number of hydrogen-bond donors (Lipinski definition) is 0. The van der Waals surface area contributed by atoms with Crippen molar-refractivity contribution in [2.24, 2.45) is 0 Å². The molecule has 0 saturated heterocycles. The van der Waals surface area contributed by atoms with Crippen LogP contribution in [0, 0.1) is 17.0 Å². The Morgan fingerprint density at radius 2 is 2.05 bits per heavy atom. The van der Waals surface area contributed by atoms with Crippen molar-refractivity contribution in [3.8, 4) is 0 Å². The van der Waals surface area contributed by atoms with E-state index >= 15 is 0 Å². The van der Waals surface area contributed by atoms with Crippen LogP contribution >= 0.6 is 0 Å². The fourth-order valence-corrected chi connectivity index (χ4v) is 2.18. The molecule has 0 saturated carbocycles. The molecule has 0 heterocycles. The molecule has 0 aliphatic carbocycles. The number of nitrogens with zero attached hydrogens (tertiary/aromatic N) is 2. The van der Waals surface area contributed by atoms with E-state index in [0.717, 1.165) is 19.3 Å². The summed E-state index contributed by atoms with van der Waals surface area (Å²) in [4.78, 5) is 25.0. The number of carbonyl (C=O) groups excluding carboxylic acids is 1. The van der Waals surface area contributed by atoms with Gasteiger partial charge in [-0.3, -0.25) is 14.9 Å². The number of rotatable bonds is 7. The normalized spacial score (nSPS) is 12.0. The molecule has 1 unspecified atom stereocenters. The van der Waals surface area contributed by atoms with E-state index in [0.29, 0.717) is 17.7 Å². The maximum atomic E-state index is 12.6. The van der Waals surface area contributed by atoms with Gasteiger partial charge in [-0.1, -0.05) is 26.3 Å². The van der Waals surface area contributed by atoms with E-state index in [9.17, 15) is 14.9 Å². The lowest BCUT2D eigenvalue weighted by atomic mass is 10.1. The van der Waals surface area contributed by atoms with Gasteiger partial charge in [-0.15, -0.1) is 0 Å². The first kappa shape index (κ1) is 17.1. The first-order valence-corrected chi connectivity index (χ1v) is 7.48. The van der Waals surface area contributed by atoms with Crippen molar-refractivity contribution in [2.75, 3.05) is 6.54 Å². The molecule has 1 rings (SSSR count). The predicted octanol–water partition coefficient (Wildman–Crippen LogP) is 3.94. The highest BCUT2D eigenvalue weighted by molar-refractivity contribution is 5.95. The Kier molecular flexibility index (Phi) is 6.34. The van der Waals surface area contributed by atoms with Gasteiger partial charge in [0.15, 0.2) is 0 Å². The van der Waals surface area contributed by atoms with Crippen LogP contribution in [0.2, 0.25) is 0 Å². The summed E-state index contributed by atoms with van der Waals surface area (Å²) in [5.41, 5.74) is 0.962. The van der Waals surface area contributed by atoms with Crippen LogP contribution in [-0.4, -0.2) is 28.3 Å². The van der Waals surface area contributed by atoms with E-state index in [2.05, 4.69) is 6.92 Å². The molecule has 0 spiro atoms. The van der Waals surface area contributed by atoms with Gasteiger partial charge in [0.1, 0.15) is 0 Å². The van der Waals surface area contributed by atoms with Gasteiger partial charge in [-0.25, -0.2) is 0 Å². The lowest BCUT2D eigenvalue weighted by Gasteiger charge is -2.28. The standard InChI is InChI=1S/C16H24N2O3/c1-5-7-10-17(13(4)6-2)16(19)14-9-8-12(3)15(11-14)18(20)21/h8-9,11,13H,5-7,10H2,1-4H3. The highest BCUT2D eigenvalue weighted by Gasteiger charge is 2.22. The molecule has 0 aliphatic heterocycles. The third kappa shape index (κ3) is 4.28. The van der Waals surface area contributed by atoms with Gasteiger partial charge >= 0.3 is 0 Å². The minimum absolute atomic E-state index is 0.000410. The summed E-state index contributed by atoms with van der Waals surface area (Å²) in [7, 11) is 0. The first-order valence-electron chi connectivity index (χ1n) is 7.48. The molecule has 116 valence electrons. The highest BCUT2D eigenvalue weighted by Crippen LogP contribution is 2.21. The fourth-order valence-electron chi connectivity index (χ4n) is 2.18. The second-order valence-electron chi connectivity index (χ2n) is 5.37. The lowest BCUT2D eigenvalue weighted by Crippen LogP contribution is -2.39. The summed E-state index contributed by atoms with van der Waals surface area (Å²) in [6.45, 7) is 8.49. The third-order valence-corrected chi connectivity index (χ3v) is 3.79. The second-order valence-corrected chi connectivity index (χ2v) is 5.37. The monoisotopic (exact) mass is 292 g/mol. The number of benzene rings is 1. The maximum Gasteiger partial charge on any atom is 0.273 e. The van der Waals surface area contributed by atoms with Crippen molar-refractivity contribution in [3.63, 3.8) is 0 Å². The molecule has 1 amide bonds. The van der Waals surface area contributed by atoms with Crippen LogP contribution in [0.5, 0.6) is 0 Å². The molecule has 0 aliphatic rings.